The van der Waals surface area contributed by atoms with E-state index in [1.165, 1.54) is 5.56 Å². The topological polar surface area (TPSA) is 26.0 Å². The number of hydrogen-bond acceptors (Lipinski definition) is 1. The first-order valence-corrected chi connectivity index (χ1v) is 9.22. The summed E-state index contributed by atoms with van der Waals surface area (Å²) in [5.41, 5.74) is 8.95. The molecule has 0 aliphatic rings. The third kappa shape index (κ3) is 3.33. The zero-order valence-electron chi connectivity index (χ0n) is 13.9. The molecule has 0 aliphatic carbocycles. The molecule has 0 unspecified atom stereocenters. The van der Waals surface area contributed by atoms with Gasteiger partial charge in [-0.3, -0.25) is 0 Å². The Bertz CT molecular complexity index is 496. The summed E-state index contributed by atoms with van der Waals surface area (Å²) in [7, 11) is -0.976. The molecule has 0 atom stereocenters. The number of anilines is 1. The highest BCUT2D eigenvalue weighted by molar-refractivity contribution is 8.38. The van der Waals surface area contributed by atoms with Crippen LogP contribution in [0.5, 0.6) is 0 Å². The van der Waals surface area contributed by atoms with Gasteiger partial charge >= 0.3 is 0 Å². The van der Waals surface area contributed by atoms with Crippen molar-refractivity contribution in [3.8, 4) is 11.2 Å². The van der Waals surface area contributed by atoms with Gasteiger partial charge in [-0.25, -0.2) is 0 Å². The van der Waals surface area contributed by atoms with Crippen LogP contribution in [-0.4, -0.2) is 15.7 Å². The van der Waals surface area contributed by atoms with E-state index in [1.807, 2.05) is 12.1 Å². The highest BCUT2D eigenvalue weighted by atomic mass is 32.3. The Morgan fingerprint density at radius 3 is 1.90 bits per heavy atom. The molecule has 0 bridgehead atoms. The number of aryl methyl sites for hydroxylation is 1. The van der Waals surface area contributed by atoms with Gasteiger partial charge in [0.1, 0.15) is 0 Å². The second-order valence-corrected chi connectivity index (χ2v) is 10.8. The van der Waals surface area contributed by atoms with Crippen molar-refractivity contribution < 1.29 is 0 Å². The fraction of sp³-hybridized carbons (Fsp3) is 0.556. The van der Waals surface area contributed by atoms with E-state index in [4.69, 9.17) is 5.73 Å². The van der Waals surface area contributed by atoms with E-state index in [0.717, 1.165) is 11.3 Å². The van der Waals surface area contributed by atoms with Crippen LogP contribution < -0.4 is 5.73 Å². The molecule has 0 aliphatic heterocycles. The second kappa shape index (κ2) is 6.59. The zero-order chi connectivity index (χ0) is 15.5. The van der Waals surface area contributed by atoms with Crippen molar-refractivity contribution in [3.63, 3.8) is 0 Å². The first-order valence-electron chi connectivity index (χ1n) is 7.40. The molecule has 1 rings (SSSR count). The van der Waals surface area contributed by atoms with Crippen molar-refractivity contribution >= 4 is 15.7 Å². The SMILES string of the molecule is Cc1ccc(N)cc1C#CS(C(C)C)(C(C)C)C(C)C. The largest absolute Gasteiger partial charge is 0.399 e. The fourth-order valence-corrected chi connectivity index (χ4v) is 7.16. The number of hydrogen-bond donors (Lipinski definition) is 1. The molecule has 0 saturated carbocycles. The monoisotopic (exact) mass is 291 g/mol. The molecule has 112 valence electrons. The fourth-order valence-electron chi connectivity index (χ4n) is 2.90. The van der Waals surface area contributed by atoms with Crippen molar-refractivity contribution in [2.45, 2.75) is 64.2 Å². The van der Waals surface area contributed by atoms with Crippen LogP contribution in [0.15, 0.2) is 18.2 Å². The van der Waals surface area contributed by atoms with Crippen molar-refractivity contribution in [1.82, 2.24) is 0 Å². The van der Waals surface area contributed by atoms with Crippen LogP contribution in [0.25, 0.3) is 0 Å². The third-order valence-corrected chi connectivity index (χ3v) is 9.10. The Hall–Kier alpha value is -1.07. The summed E-state index contributed by atoms with van der Waals surface area (Å²) in [6.45, 7) is 16.0. The molecule has 1 aromatic carbocycles. The summed E-state index contributed by atoms with van der Waals surface area (Å²) >= 11 is 0. The lowest BCUT2D eigenvalue weighted by molar-refractivity contribution is 0.959. The molecule has 2 N–H and O–H groups in total. The summed E-state index contributed by atoms with van der Waals surface area (Å²) in [6, 6.07) is 5.98. The van der Waals surface area contributed by atoms with Gasteiger partial charge < -0.3 is 5.73 Å². The van der Waals surface area contributed by atoms with Gasteiger partial charge in [-0.2, -0.15) is 10.0 Å². The van der Waals surface area contributed by atoms with Crippen molar-refractivity contribution in [2.24, 2.45) is 0 Å². The molecule has 2 heteroatoms. The predicted octanol–water partition coefficient (Wildman–Crippen LogP) is 4.92. The van der Waals surface area contributed by atoms with Crippen LogP contribution in [0.4, 0.5) is 5.69 Å². The standard InChI is InChI=1S/C18H29NS/c1-13(2)20(14(3)4,15(5)6)11-10-17-12-18(19)9-8-16(17)7/h8-9,12-15H,19H2,1-7H3. The Morgan fingerprint density at radius 2 is 1.45 bits per heavy atom. The van der Waals surface area contributed by atoms with Crippen molar-refractivity contribution in [2.75, 3.05) is 5.73 Å². The molecule has 0 saturated heterocycles. The van der Waals surface area contributed by atoms with Gasteiger partial charge in [-0.05, 0) is 45.6 Å². The highest BCUT2D eigenvalue weighted by Crippen LogP contribution is 2.59. The molecule has 0 aromatic heterocycles. The average Bonchev–Trinajstić information content (AvgIpc) is 2.32. The summed E-state index contributed by atoms with van der Waals surface area (Å²) in [4.78, 5) is 0. The molecule has 20 heavy (non-hydrogen) atoms. The number of rotatable bonds is 3. The lowest BCUT2D eigenvalue weighted by atomic mass is 10.1. The first-order chi connectivity index (χ1) is 9.21. The minimum Gasteiger partial charge on any atom is -0.399 e. The van der Waals surface area contributed by atoms with E-state index in [2.05, 4.69) is 65.7 Å². The lowest BCUT2D eigenvalue weighted by Gasteiger charge is -2.46. The molecule has 0 heterocycles. The van der Waals surface area contributed by atoms with E-state index < -0.39 is 10.0 Å². The third-order valence-electron chi connectivity index (χ3n) is 3.96. The van der Waals surface area contributed by atoms with Gasteiger partial charge in [-0.1, -0.05) is 53.5 Å². The maximum atomic E-state index is 5.89. The minimum absolute atomic E-state index is 0.608. The average molecular weight is 292 g/mol. The second-order valence-electron chi connectivity index (χ2n) is 6.21. The molecular formula is C18H29NS. The predicted molar refractivity (Wildman–Crippen MR) is 95.5 cm³/mol. The highest BCUT2D eigenvalue weighted by Gasteiger charge is 2.32. The summed E-state index contributed by atoms with van der Waals surface area (Å²) < 4.78 is 0. The van der Waals surface area contributed by atoms with Gasteiger partial charge in [0.05, 0.1) is 0 Å². The van der Waals surface area contributed by atoms with E-state index in [-0.39, 0.29) is 0 Å². The van der Waals surface area contributed by atoms with Gasteiger partial charge in [0.25, 0.3) is 0 Å². The van der Waals surface area contributed by atoms with Crippen molar-refractivity contribution in [3.05, 3.63) is 29.3 Å². The lowest BCUT2D eigenvalue weighted by Crippen LogP contribution is -2.27. The van der Waals surface area contributed by atoms with Crippen LogP contribution in [-0.2, 0) is 0 Å². The Kier molecular flexibility index (Phi) is 5.59. The van der Waals surface area contributed by atoms with Gasteiger partial charge in [-0.15, -0.1) is 0 Å². The van der Waals surface area contributed by atoms with Crippen LogP contribution in [0, 0.1) is 18.1 Å². The van der Waals surface area contributed by atoms with Crippen LogP contribution in [0.3, 0.4) is 0 Å². The van der Waals surface area contributed by atoms with Gasteiger partial charge in [0.2, 0.25) is 0 Å². The number of nitrogens with two attached hydrogens (primary N) is 1. The van der Waals surface area contributed by atoms with E-state index in [1.54, 1.807) is 0 Å². The normalized spacial score (nSPS) is 12.7. The van der Waals surface area contributed by atoms with Gasteiger partial charge in [0, 0.05) is 11.3 Å². The Labute approximate surface area is 126 Å². The van der Waals surface area contributed by atoms with Crippen LogP contribution >= 0.6 is 10.0 Å². The summed E-state index contributed by atoms with van der Waals surface area (Å²) in [5, 5.41) is 5.52. The Balaban J connectivity index is 3.34. The smallest absolute Gasteiger partial charge is 0.0326 e. The first kappa shape index (κ1) is 17.0. The maximum absolute atomic E-state index is 5.89. The quantitative estimate of drug-likeness (QED) is 0.621. The maximum Gasteiger partial charge on any atom is 0.0326 e. The zero-order valence-corrected chi connectivity index (χ0v) is 14.8. The molecule has 0 fully saturated rings. The van der Waals surface area contributed by atoms with Crippen molar-refractivity contribution in [1.29, 1.82) is 0 Å². The minimum atomic E-state index is -0.976. The number of nitrogen functional groups attached to an aromatic ring is 1. The molecule has 1 aromatic rings. The van der Waals surface area contributed by atoms with E-state index >= 15 is 0 Å². The van der Waals surface area contributed by atoms with Crippen LogP contribution in [0.1, 0.15) is 52.7 Å². The Morgan fingerprint density at radius 1 is 0.950 bits per heavy atom. The number of benzene rings is 1. The van der Waals surface area contributed by atoms with Gasteiger partial charge in [0.15, 0.2) is 0 Å². The van der Waals surface area contributed by atoms with E-state index in [0.29, 0.717) is 15.7 Å². The summed E-state index contributed by atoms with van der Waals surface area (Å²) in [6.07, 6.45) is 0. The molecule has 1 nitrogen and oxygen atoms in total. The molecule has 0 radical (unpaired) electrons. The molecule has 0 amide bonds. The van der Waals surface area contributed by atoms with E-state index in [9.17, 15) is 0 Å². The summed E-state index contributed by atoms with van der Waals surface area (Å²) in [5.74, 6) is 3.45. The molecule has 0 spiro atoms. The molecular weight excluding hydrogens is 262 g/mol. The van der Waals surface area contributed by atoms with Crippen LogP contribution in [0.2, 0.25) is 0 Å².